The first-order valence-corrected chi connectivity index (χ1v) is 3.77. The Bertz CT molecular complexity index is 388. The number of aliphatic hydroxyl groups is 1. The number of hydrogen-bond acceptors (Lipinski definition) is 7. The van der Waals surface area contributed by atoms with E-state index in [0.29, 0.717) is 0 Å². The number of nitrogens with two attached hydrogens (primary N) is 1. The number of nitrogens with zero attached hydrogens (tertiary/aromatic N) is 2. The summed E-state index contributed by atoms with van der Waals surface area (Å²) in [5.74, 6) is -0.155. The Morgan fingerprint density at radius 3 is 2.86 bits per heavy atom. The number of nitroso groups, excluding NO2 is 1. The molecule has 0 aromatic carbocycles. The molecule has 14 heavy (non-hydrogen) atoms. The minimum absolute atomic E-state index is 0.0916. The van der Waals surface area contributed by atoms with Gasteiger partial charge in [-0.05, 0) is 5.18 Å². The van der Waals surface area contributed by atoms with Gasteiger partial charge in [0.2, 0.25) is 11.6 Å². The average molecular weight is 199 g/mol. The molecule has 1 aromatic heterocycles. The van der Waals surface area contributed by atoms with Crippen molar-refractivity contribution in [1.82, 2.24) is 9.97 Å². The predicted molar refractivity (Wildman–Crippen MR) is 50.3 cm³/mol. The molecule has 8 heteroatoms. The summed E-state index contributed by atoms with van der Waals surface area (Å²) in [6.07, 6.45) is 0. The highest BCUT2D eigenvalue weighted by atomic mass is 16.3. The number of rotatable bonds is 4. The molecule has 0 fully saturated rings. The van der Waals surface area contributed by atoms with Gasteiger partial charge in [0.1, 0.15) is 0 Å². The number of H-pyrrole nitrogens is 1. The van der Waals surface area contributed by atoms with Gasteiger partial charge in [0, 0.05) is 6.54 Å². The first kappa shape index (κ1) is 10.1. The molecular weight excluding hydrogens is 190 g/mol. The van der Waals surface area contributed by atoms with Crippen LogP contribution in [0.15, 0.2) is 9.97 Å². The van der Waals surface area contributed by atoms with E-state index in [1.54, 1.807) is 0 Å². The summed E-state index contributed by atoms with van der Waals surface area (Å²) < 4.78 is 0. The Kier molecular flexibility index (Phi) is 3.13. The normalized spacial score (nSPS) is 9.79. The number of aliphatic hydroxyl groups excluding tert-OH is 1. The highest BCUT2D eigenvalue weighted by Crippen LogP contribution is 2.13. The summed E-state index contributed by atoms with van der Waals surface area (Å²) in [4.78, 5) is 27.1. The average Bonchev–Trinajstić information content (AvgIpc) is 2.14. The minimum Gasteiger partial charge on any atom is -0.395 e. The lowest BCUT2D eigenvalue weighted by Gasteiger charge is -2.03. The fourth-order valence-corrected chi connectivity index (χ4v) is 0.831. The van der Waals surface area contributed by atoms with Crippen molar-refractivity contribution in [2.45, 2.75) is 0 Å². The first-order chi connectivity index (χ1) is 6.69. The van der Waals surface area contributed by atoms with E-state index in [1.807, 2.05) is 0 Å². The maximum atomic E-state index is 11.1. The zero-order chi connectivity index (χ0) is 10.6. The van der Waals surface area contributed by atoms with Crippen LogP contribution in [-0.4, -0.2) is 28.2 Å². The van der Waals surface area contributed by atoms with Crippen LogP contribution in [0.2, 0.25) is 0 Å². The van der Waals surface area contributed by atoms with Gasteiger partial charge in [-0.15, -0.1) is 4.91 Å². The van der Waals surface area contributed by atoms with Gasteiger partial charge in [0.15, 0.2) is 5.82 Å². The van der Waals surface area contributed by atoms with Gasteiger partial charge in [-0.25, -0.2) is 0 Å². The van der Waals surface area contributed by atoms with Crippen molar-refractivity contribution in [2.24, 2.45) is 5.18 Å². The van der Waals surface area contributed by atoms with Gasteiger partial charge >= 0.3 is 0 Å². The molecule has 0 aliphatic rings. The fraction of sp³-hybridized carbons (Fsp3) is 0.333. The molecule has 1 aromatic rings. The summed E-state index contributed by atoms with van der Waals surface area (Å²) in [6.45, 7) is 0.105. The molecule has 0 spiro atoms. The van der Waals surface area contributed by atoms with Crippen LogP contribution >= 0.6 is 0 Å². The molecule has 8 nitrogen and oxygen atoms in total. The Morgan fingerprint density at radius 1 is 1.64 bits per heavy atom. The van der Waals surface area contributed by atoms with Gasteiger partial charge < -0.3 is 16.2 Å². The fourth-order valence-electron chi connectivity index (χ4n) is 0.831. The maximum absolute atomic E-state index is 11.1. The van der Waals surface area contributed by atoms with E-state index in [-0.39, 0.29) is 24.9 Å². The summed E-state index contributed by atoms with van der Waals surface area (Å²) >= 11 is 0. The van der Waals surface area contributed by atoms with Gasteiger partial charge in [0.05, 0.1) is 6.61 Å². The number of aromatic amines is 1. The summed E-state index contributed by atoms with van der Waals surface area (Å²) in [6, 6.07) is 0. The van der Waals surface area contributed by atoms with Crippen LogP contribution in [0, 0.1) is 4.91 Å². The van der Waals surface area contributed by atoms with Crippen LogP contribution in [0.3, 0.4) is 0 Å². The van der Waals surface area contributed by atoms with Crippen molar-refractivity contribution in [3.8, 4) is 0 Å². The van der Waals surface area contributed by atoms with E-state index in [2.05, 4.69) is 20.5 Å². The van der Waals surface area contributed by atoms with Gasteiger partial charge in [0.25, 0.3) is 5.56 Å². The zero-order valence-corrected chi connectivity index (χ0v) is 7.15. The topological polar surface area (TPSA) is 133 Å². The van der Waals surface area contributed by atoms with E-state index < -0.39 is 11.2 Å². The van der Waals surface area contributed by atoms with Crippen molar-refractivity contribution in [1.29, 1.82) is 0 Å². The molecule has 1 heterocycles. The Hall–Kier alpha value is -1.96. The third-order valence-electron chi connectivity index (χ3n) is 1.42. The molecule has 0 aliphatic carbocycles. The van der Waals surface area contributed by atoms with Crippen molar-refractivity contribution in [3.05, 3.63) is 15.3 Å². The number of anilines is 2. The molecule has 76 valence electrons. The first-order valence-electron chi connectivity index (χ1n) is 3.77. The van der Waals surface area contributed by atoms with Crippen LogP contribution in [-0.2, 0) is 0 Å². The van der Waals surface area contributed by atoms with Crippen molar-refractivity contribution in [3.63, 3.8) is 0 Å². The van der Waals surface area contributed by atoms with E-state index in [4.69, 9.17) is 10.8 Å². The smallest absolute Gasteiger partial charge is 0.284 e. The number of nitrogen functional groups attached to an aromatic ring is 1. The van der Waals surface area contributed by atoms with Gasteiger partial charge in [-0.3, -0.25) is 9.78 Å². The number of aromatic nitrogens is 2. The highest BCUT2D eigenvalue weighted by Gasteiger charge is 2.08. The molecule has 5 N–H and O–H groups in total. The van der Waals surface area contributed by atoms with Crippen LogP contribution in [0.5, 0.6) is 0 Å². The lowest BCUT2D eigenvalue weighted by molar-refractivity contribution is 0.311. The van der Waals surface area contributed by atoms with E-state index >= 15 is 0 Å². The van der Waals surface area contributed by atoms with E-state index in [0.717, 1.165) is 0 Å². The monoisotopic (exact) mass is 199 g/mol. The van der Waals surface area contributed by atoms with E-state index in [9.17, 15) is 9.70 Å². The van der Waals surface area contributed by atoms with Gasteiger partial charge in [-0.2, -0.15) is 4.98 Å². The predicted octanol–water partition coefficient (Wildman–Crippen LogP) is -0.846. The number of hydrogen-bond donors (Lipinski definition) is 4. The molecule has 0 bridgehead atoms. The molecule has 0 amide bonds. The molecule has 0 saturated carbocycles. The van der Waals surface area contributed by atoms with Crippen molar-refractivity contribution >= 4 is 17.5 Å². The Balaban J connectivity index is 3.02. The van der Waals surface area contributed by atoms with Crippen LogP contribution in [0.25, 0.3) is 0 Å². The van der Waals surface area contributed by atoms with E-state index in [1.165, 1.54) is 0 Å². The van der Waals surface area contributed by atoms with Crippen molar-refractivity contribution < 1.29 is 5.11 Å². The molecule has 1 rings (SSSR count). The molecule has 0 radical (unpaired) electrons. The standard InChI is InChI=1S/C6H9N5O3/c7-4-3(11-14)5(13)10-6(9-4)8-1-2-12/h12H,1-2H2,(H4,7,8,9,10,13). The largest absolute Gasteiger partial charge is 0.395 e. The Morgan fingerprint density at radius 2 is 2.36 bits per heavy atom. The van der Waals surface area contributed by atoms with Crippen LogP contribution in [0.1, 0.15) is 0 Å². The quantitative estimate of drug-likeness (QED) is 0.467. The molecule has 0 saturated heterocycles. The zero-order valence-electron chi connectivity index (χ0n) is 7.15. The van der Waals surface area contributed by atoms with Crippen LogP contribution < -0.4 is 16.6 Å². The van der Waals surface area contributed by atoms with Crippen LogP contribution in [0.4, 0.5) is 17.5 Å². The van der Waals surface area contributed by atoms with Crippen molar-refractivity contribution in [2.75, 3.05) is 24.2 Å². The highest BCUT2D eigenvalue weighted by molar-refractivity contribution is 5.57. The molecular formula is C6H9N5O3. The third-order valence-corrected chi connectivity index (χ3v) is 1.42. The second kappa shape index (κ2) is 4.33. The molecule has 0 atom stereocenters. The Labute approximate surface area is 78.1 Å². The molecule has 0 unspecified atom stereocenters. The minimum atomic E-state index is -0.715. The summed E-state index contributed by atoms with van der Waals surface area (Å²) in [5, 5.41) is 13.5. The lowest BCUT2D eigenvalue weighted by atomic mass is 10.5. The SMILES string of the molecule is Nc1nc(NCCO)[nH]c(=O)c1N=O. The maximum Gasteiger partial charge on any atom is 0.284 e. The second-order valence-corrected chi connectivity index (χ2v) is 2.39. The van der Waals surface area contributed by atoms with Gasteiger partial charge in [-0.1, -0.05) is 0 Å². The summed E-state index contributed by atoms with van der Waals surface area (Å²) in [5.41, 5.74) is 4.12. The molecule has 0 aliphatic heterocycles. The number of nitrogens with one attached hydrogen (secondary N) is 2. The third kappa shape index (κ3) is 2.04. The lowest BCUT2D eigenvalue weighted by Crippen LogP contribution is -2.16. The second-order valence-electron chi connectivity index (χ2n) is 2.39. The summed E-state index contributed by atoms with van der Waals surface area (Å²) in [7, 11) is 0.